The molecule has 0 amide bonds. The summed E-state index contributed by atoms with van der Waals surface area (Å²) in [6, 6.07) is 13.9. The minimum absolute atomic E-state index is 0.238. The number of fused-ring (bicyclic) bond motifs is 1. The molecule has 0 radical (unpaired) electrons. The minimum atomic E-state index is -0.622. The van der Waals surface area contributed by atoms with Gasteiger partial charge >= 0.3 is 0 Å². The Morgan fingerprint density at radius 1 is 1.20 bits per heavy atom. The molecule has 5 heteroatoms. The molecule has 25 heavy (non-hydrogen) atoms. The Hall–Kier alpha value is -2.24. The van der Waals surface area contributed by atoms with Gasteiger partial charge in [-0.05, 0) is 49.2 Å². The molecule has 1 aliphatic rings. The van der Waals surface area contributed by atoms with Crippen LogP contribution in [0.25, 0.3) is 11.1 Å². The molecule has 2 heterocycles. The van der Waals surface area contributed by atoms with Crippen LogP contribution < -0.4 is 0 Å². The number of hydrogen-bond donors (Lipinski definition) is 1. The molecule has 130 valence electrons. The third kappa shape index (κ3) is 3.57. The van der Waals surface area contributed by atoms with Crippen LogP contribution in [0.2, 0.25) is 0 Å². The minimum Gasteiger partial charge on any atom is -0.440 e. The summed E-state index contributed by atoms with van der Waals surface area (Å²) in [5, 5.41) is 10.4. The van der Waals surface area contributed by atoms with Gasteiger partial charge in [-0.1, -0.05) is 24.3 Å². The van der Waals surface area contributed by atoms with Gasteiger partial charge in [0.15, 0.2) is 11.5 Å². The number of likely N-dealkylation sites (tertiary alicyclic amines) is 1. The summed E-state index contributed by atoms with van der Waals surface area (Å²) in [5.74, 6) is 0.730. The van der Waals surface area contributed by atoms with E-state index in [4.69, 9.17) is 4.42 Å². The fourth-order valence-corrected chi connectivity index (χ4v) is 3.52. The van der Waals surface area contributed by atoms with Gasteiger partial charge in [-0.2, -0.15) is 0 Å². The molecule has 3 aromatic rings. The molecule has 2 unspecified atom stereocenters. The maximum Gasteiger partial charge on any atom is 0.199 e. The van der Waals surface area contributed by atoms with Gasteiger partial charge in [-0.3, -0.25) is 4.90 Å². The Morgan fingerprint density at radius 3 is 2.80 bits per heavy atom. The third-order valence-electron chi connectivity index (χ3n) is 4.85. The highest BCUT2D eigenvalue weighted by molar-refractivity contribution is 5.72. The normalized spacial score (nSPS) is 20.0. The monoisotopic (exact) mass is 340 g/mol. The molecule has 2 atom stereocenters. The van der Waals surface area contributed by atoms with Crippen molar-refractivity contribution in [1.82, 2.24) is 9.88 Å². The zero-order valence-electron chi connectivity index (χ0n) is 13.9. The quantitative estimate of drug-likeness (QED) is 0.783. The van der Waals surface area contributed by atoms with Crippen molar-refractivity contribution in [3.05, 3.63) is 65.8 Å². The highest BCUT2D eigenvalue weighted by atomic mass is 19.1. The molecule has 0 spiro atoms. The number of hydrogen-bond acceptors (Lipinski definition) is 4. The van der Waals surface area contributed by atoms with E-state index < -0.39 is 6.10 Å². The lowest BCUT2D eigenvalue weighted by Crippen LogP contribution is -2.37. The number of oxazole rings is 1. The van der Waals surface area contributed by atoms with Crippen LogP contribution in [0.1, 0.15) is 36.3 Å². The van der Waals surface area contributed by atoms with Crippen LogP contribution in [0.4, 0.5) is 4.39 Å². The number of rotatable bonds is 4. The van der Waals surface area contributed by atoms with Gasteiger partial charge in [0.25, 0.3) is 0 Å². The van der Waals surface area contributed by atoms with Crippen molar-refractivity contribution in [1.29, 1.82) is 0 Å². The van der Waals surface area contributed by atoms with Gasteiger partial charge in [0.2, 0.25) is 0 Å². The number of piperidine rings is 1. The summed E-state index contributed by atoms with van der Waals surface area (Å²) in [6.45, 7) is 2.28. The molecule has 1 aliphatic heterocycles. The zero-order chi connectivity index (χ0) is 17.2. The predicted octanol–water partition coefficient (Wildman–Crippen LogP) is 3.88. The van der Waals surface area contributed by atoms with Gasteiger partial charge in [0, 0.05) is 19.0 Å². The van der Waals surface area contributed by atoms with Crippen LogP contribution >= 0.6 is 0 Å². The first kappa shape index (κ1) is 16.2. The average Bonchev–Trinajstić information content (AvgIpc) is 3.07. The highest BCUT2D eigenvalue weighted by Crippen LogP contribution is 2.29. The molecule has 0 aliphatic carbocycles. The lowest BCUT2D eigenvalue weighted by molar-refractivity contribution is 0.0923. The van der Waals surface area contributed by atoms with Crippen LogP contribution in [0.15, 0.2) is 52.9 Å². The maximum absolute atomic E-state index is 13.0. The van der Waals surface area contributed by atoms with Crippen LogP contribution in [0, 0.1) is 5.82 Å². The van der Waals surface area contributed by atoms with E-state index in [-0.39, 0.29) is 11.7 Å². The summed E-state index contributed by atoms with van der Waals surface area (Å²) in [5.41, 5.74) is 2.45. The molecule has 0 bridgehead atoms. The lowest BCUT2D eigenvalue weighted by Gasteiger charge is -2.32. The number of para-hydroxylation sites is 2. The van der Waals surface area contributed by atoms with E-state index in [2.05, 4.69) is 9.88 Å². The lowest BCUT2D eigenvalue weighted by atomic mass is 9.97. The third-order valence-corrected chi connectivity index (χ3v) is 4.85. The molecule has 1 saturated heterocycles. The van der Waals surface area contributed by atoms with Crippen molar-refractivity contribution in [2.75, 3.05) is 19.6 Å². The molecule has 1 fully saturated rings. The van der Waals surface area contributed by atoms with Gasteiger partial charge in [0.1, 0.15) is 11.3 Å². The first-order valence-corrected chi connectivity index (χ1v) is 8.70. The first-order chi connectivity index (χ1) is 12.2. The number of β-amino-alcohol motifs (C(OH)–C–C–N with tert-alkyl or cyclic N) is 1. The standard InChI is InChI=1S/C20H21FN2O2/c21-16-9-7-14(8-10-16)18(24)13-23-11-3-4-15(12-23)20-22-17-5-1-2-6-19(17)25-20/h1-2,5-10,15,18,24H,3-4,11-13H2. The van der Waals surface area contributed by atoms with E-state index in [1.807, 2.05) is 24.3 Å². The summed E-state index contributed by atoms with van der Waals surface area (Å²) >= 11 is 0. The fraction of sp³-hybridized carbons (Fsp3) is 0.350. The molecular weight excluding hydrogens is 319 g/mol. The summed E-state index contributed by atoms with van der Waals surface area (Å²) < 4.78 is 18.9. The van der Waals surface area contributed by atoms with Crippen molar-refractivity contribution in [3.63, 3.8) is 0 Å². The van der Waals surface area contributed by atoms with Gasteiger partial charge in [-0.25, -0.2) is 9.37 Å². The SMILES string of the molecule is OC(CN1CCCC(c2nc3ccccc3o2)C1)c1ccc(F)cc1. The summed E-state index contributed by atoms with van der Waals surface area (Å²) in [7, 11) is 0. The van der Waals surface area contributed by atoms with Crippen molar-refractivity contribution in [3.8, 4) is 0 Å². The number of halogens is 1. The van der Waals surface area contributed by atoms with Crippen molar-refractivity contribution >= 4 is 11.1 Å². The largest absolute Gasteiger partial charge is 0.440 e. The number of aliphatic hydroxyl groups excluding tert-OH is 1. The zero-order valence-corrected chi connectivity index (χ0v) is 13.9. The Kier molecular flexibility index (Phi) is 4.51. The van der Waals surface area contributed by atoms with E-state index in [0.717, 1.165) is 48.5 Å². The molecule has 4 nitrogen and oxygen atoms in total. The smallest absolute Gasteiger partial charge is 0.199 e. The average molecular weight is 340 g/mol. The maximum atomic E-state index is 13.0. The second kappa shape index (κ2) is 6.94. The Bertz CT molecular complexity index is 813. The van der Waals surface area contributed by atoms with E-state index in [1.54, 1.807) is 12.1 Å². The Balaban J connectivity index is 1.44. The van der Waals surface area contributed by atoms with Crippen LogP contribution in [0.3, 0.4) is 0 Å². The van der Waals surface area contributed by atoms with E-state index >= 15 is 0 Å². The predicted molar refractivity (Wildman–Crippen MR) is 93.8 cm³/mol. The van der Waals surface area contributed by atoms with Crippen molar-refractivity contribution < 1.29 is 13.9 Å². The second-order valence-electron chi connectivity index (χ2n) is 6.69. The topological polar surface area (TPSA) is 49.5 Å². The van der Waals surface area contributed by atoms with Crippen LogP contribution in [-0.4, -0.2) is 34.6 Å². The van der Waals surface area contributed by atoms with E-state index in [0.29, 0.717) is 6.54 Å². The molecule has 4 rings (SSSR count). The Morgan fingerprint density at radius 2 is 2.00 bits per heavy atom. The van der Waals surface area contributed by atoms with Gasteiger partial charge in [-0.15, -0.1) is 0 Å². The van der Waals surface area contributed by atoms with Crippen LogP contribution in [0.5, 0.6) is 0 Å². The number of benzene rings is 2. The summed E-state index contributed by atoms with van der Waals surface area (Å²) in [6.07, 6.45) is 1.46. The molecule has 1 aromatic heterocycles. The van der Waals surface area contributed by atoms with Crippen molar-refractivity contribution in [2.45, 2.75) is 24.9 Å². The van der Waals surface area contributed by atoms with Crippen LogP contribution in [-0.2, 0) is 0 Å². The van der Waals surface area contributed by atoms with E-state index in [9.17, 15) is 9.50 Å². The number of nitrogens with zero attached hydrogens (tertiary/aromatic N) is 2. The van der Waals surface area contributed by atoms with Gasteiger partial charge in [0.05, 0.1) is 6.10 Å². The fourth-order valence-electron chi connectivity index (χ4n) is 3.52. The summed E-state index contributed by atoms with van der Waals surface area (Å²) in [4.78, 5) is 6.85. The molecule has 2 aromatic carbocycles. The Labute approximate surface area is 145 Å². The van der Waals surface area contributed by atoms with Crippen molar-refractivity contribution in [2.24, 2.45) is 0 Å². The van der Waals surface area contributed by atoms with Gasteiger partial charge < -0.3 is 9.52 Å². The first-order valence-electron chi connectivity index (χ1n) is 8.70. The molecular formula is C20H21FN2O2. The van der Waals surface area contributed by atoms with E-state index in [1.165, 1.54) is 12.1 Å². The number of aromatic nitrogens is 1. The number of aliphatic hydroxyl groups is 1. The molecule has 0 saturated carbocycles. The highest BCUT2D eigenvalue weighted by Gasteiger charge is 2.26. The second-order valence-corrected chi connectivity index (χ2v) is 6.69. The molecule has 1 N–H and O–H groups in total.